The van der Waals surface area contributed by atoms with E-state index in [1.165, 1.54) is 6.92 Å². The van der Waals surface area contributed by atoms with Crippen molar-refractivity contribution in [2.24, 2.45) is 0 Å². The number of rotatable bonds is 6. The van der Waals surface area contributed by atoms with Crippen LogP contribution >= 0.6 is 0 Å². The number of Topliss-reactive ketones (excluding diaryl/α,β-unsaturated/α-hetero) is 1. The molecule has 5 heteroatoms. The second-order valence-corrected chi connectivity index (χ2v) is 5.10. The van der Waals surface area contributed by atoms with Crippen molar-refractivity contribution in [2.45, 2.75) is 19.8 Å². The largest absolute Gasteiger partial charge is 0.326 e. The van der Waals surface area contributed by atoms with Crippen molar-refractivity contribution >= 4 is 29.0 Å². The van der Waals surface area contributed by atoms with Gasteiger partial charge in [-0.15, -0.1) is 0 Å². The molecule has 0 heterocycles. The Labute approximate surface area is 134 Å². The van der Waals surface area contributed by atoms with Crippen LogP contribution in [0.3, 0.4) is 0 Å². The molecule has 2 aromatic rings. The second-order valence-electron chi connectivity index (χ2n) is 5.10. The number of anilines is 2. The lowest BCUT2D eigenvalue weighted by molar-refractivity contribution is -0.116. The van der Waals surface area contributed by atoms with Crippen molar-refractivity contribution in [3.8, 4) is 0 Å². The molecule has 0 radical (unpaired) electrons. The van der Waals surface area contributed by atoms with Crippen molar-refractivity contribution in [1.29, 1.82) is 0 Å². The van der Waals surface area contributed by atoms with Crippen LogP contribution in [0.25, 0.3) is 0 Å². The van der Waals surface area contributed by atoms with E-state index < -0.39 is 0 Å². The molecule has 0 bridgehead atoms. The fourth-order valence-electron chi connectivity index (χ4n) is 2.06. The first-order valence-corrected chi connectivity index (χ1v) is 7.30. The van der Waals surface area contributed by atoms with E-state index in [4.69, 9.17) is 0 Å². The molecule has 0 aliphatic rings. The summed E-state index contributed by atoms with van der Waals surface area (Å²) in [4.78, 5) is 34.7. The Morgan fingerprint density at radius 3 is 1.91 bits per heavy atom. The Balaban J connectivity index is 1.83. The van der Waals surface area contributed by atoms with Gasteiger partial charge in [0.1, 0.15) is 0 Å². The molecular weight excluding hydrogens is 292 g/mol. The van der Waals surface area contributed by atoms with Crippen molar-refractivity contribution in [1.82, 2.24) is 0 Å². The standard InChI is InChI=1S/C18H18N2O3/c1-13(21)19-15-7-9-16(10-8-15)20-18(23)12-11-17(22)14-5-3-2-4-6-14/h2-10H,11-12H2,1H3,(H,19,21)(H,20,23). The van der Waals surface area contributed by atoms with Crippen molar-refractivity contribution in [3.63, 3.8) is 0 Å². The number of ketones is 1. The van der Waals surface area contributed by atoms with Crippen molar-refractivity contribution < 1.29 is 14.4 Å². The quantitative estimate of drug-likeness (QED) is 0.804. The first-order chi connectivity index (χ1) is 11.0. The van der Waals surface area contributed by atoms with Gasteiger partial charge < -0.3 is 10.6 Å². The maximum absolute atomic E-state index is 11.9. The first kappa shape index (κ1) is 16.4. The van der Waals surface area contributed by atoms with Crippen LogP contribution in [0.15, 0.2) is 54.6 Å². The molecule has 0 saturated heterocycles. The lowest BCUT2D eigenvalue weighted by Gasteiger charge is -2.07. The highest BCUT2D eigenvalue weighted by Gasteiger charge is 2.09. The normalized spacial score (nSPS) is 9.96. The molecule has 2 N–H and O–H groups in total. The van der Waals surface area contributed by atoms with E-state index in [0.717, 1.165) is 0 Å². The summed E-state index contributed by atoms with van der Waals surface area (Å²) in [6.07, 6.45) is 0.293. The third-order valence-corrected chi connectivity index (χ3v) is 3.16. The molecule has 0 spiro atoms. The van der Waals surface area contributed by atoms with E-state index in [-0.39, 0.29) is 30.4 Å². The zero-order chi connectivity index (χ0) is 16.7. The SMILES string of the molecule is CC(=O)Nc1ccc(NC(=O)CCC(=O)c2ccccc2)cc1. The molecule has 0 saturated carbocycles. The minimum absolute atomic E-state index is 0.0539. The number of carbonyl (C=O) groups is 3. The van der Waals surface area contributed by atoms with Gasteiger partial charge in [-0.2, -0.15) is 0 Å². The summed E-state index contributed by atoms with van der Waals surface area (Å²) in [7, 11) is 0. The lowest BCUT2D eigenvalue weighted by Crippen LogP contribution is -2.13. The van der Waals surface area contributed by atoms with Gasteiger partial charge in [0.05, 0.1) is 0 Å². The second kappa shape index (κ2) is 7.89. The van der Waals surface area contributed by atoms with Gasteiger partial charge in [0, 0.05) is 36.7 Å². The number of amides is 2. The van der Waals surface area contributed by atoms with Gasteiger partial charge in [0.2, 0.25) is 11.8 Å². The summed E-state index contributed by atoms with van der Waals surface area (Å²) in [6, 6.07) is 15.7. The van der Waals surface area contributed by atoms with E-state index in [1.807, 2.05) is 6.07 Å². The summed E-state index contributed by atoms with van der Waals surface area (Å²) in [5, 5.41) is 5.37. The topological polar surface area (TPSA) is 75.3 Å². The summed E-state index contributed by atoms with van der Waals surface area (Å²) in [5.41, 5.74) is 1.89. The van der Waals surface area contributed by atoms with Gasteiger partial charge in [-0.25, -0.2) is 0 Å². The Morgan fingerprint density at radius 1 is 0.783 bits per heavy atom. The summed E-state index contributed by atoms with van der Waals surface area (Å²) < 4.78 is 0. The van der Waals surface area contributed by atoms with Crippen LogP contribution in [-0.4, -0.2) is 17.6 Å². The van der Waals surface area contributed by atoms with E-state index in [0.29, 0.717) is 16.9 Å². The minimum Gasteiger partial charge on any atom is -0.326 e. The zero-order valence-electron chi connectivity index (χ0n) is 12.8. The summed E-state index contributed by atoms with van der Waals surface area (Å²) in [5.74, 6) is -0.426. The van der Waals surface area contributed by atoms with Gasteiger partial charge in [0.25, 0.3) is 0 Å². The predicted molar refractivity (Wildman–Crippen MR) is 89.4 cm³/mol. The van der Waals surface area contributed by atoms with Crippen LogP contribution in [-0.2, 0) is 9.59 Å². The number of hydrogen-bond donors (Lipinski definition) is 2. The molecule has 23 heavy (non-hydrogen) atoms. The molecular formula is C18H18N2O3. The molecule has 2 rings (SSSR count). The van der Waals surface area contributed by atoms with E-state index in [2.05, 4.69) is 10.6 Å². The Bertz CT molecular complexity index is 694. The first-order valence-electron chi connectivity index (χ1n) is 7.30. The molecule has 2 aromatic carbocycles. The molecule has 0 aliphatic heterocycles. The zero-order valence-corrected chi connectivity index (χ0v) is 12.8. The van der Waals surface area contributed by atoms with Crippen LogP contribution in [0.5, 0.6) is 0 Å². The Hall–Kier alpha value is -2.95. The lowest BCUT2D eigenvalue weighted by atomic mass is 10.1. The molecule has 0 atom stereocenters. The van der Waals surface area contributed by atoms with Crippen LogP contribution in [0, 0.1) is 0 Å². The van der Waals surface area contributed by atoms with Crippen LogP contribution in [0.4, 0.5) is 11.4 Å². The maximum Gasteiger partial charge on any atom is 0.224 e. The van der Waals surface area contributed by atoms with E-state index >= 15 is 0 Å². The number of benzene rings is 2. The molecule has 118 valence electrons. The predicted octanol–water partition coefficient (Wildman–Crippen LogP) is 3.25. The maximum atomic E-state index is 11.9. The molecule has 2 amide bonds. The fraction of sp³-hybridized carbons (Fsp3) is 0.167. The fourth-order valence-corrected chi connectivity index (χ4v) is 2.06. The summed E-state index contributed by atoms with van der Waals surface area (Å²) >= 11 is 0. The van der Waals surface area contributed by atoms with Crippen LogP contribution in [0.1, 0.15) is 30.1 Å². The highest BCUT2D eigenvalue weighted by molar-refractivity contribution is 6.00. The van der Waals surface area contributed by atoms with Crippen LogP contribution < -0.4 is 10.6 Å². The highest BCUT2D eigenvalue weighted by atomic mass is 16.2. The van der Waals surface area contributed by atoms with Crippen molar-refractivity contribution in [2.75, 3.05) is 10.6 Å². The number of hydrogen-bond acceptors (Lipinski definition) is 3. The highest BCUT2D eigenvalue weighted by Crippen LogP contribution is 2.14. The average Bonchev–Trinajstić information content (AvgIpc) is 2.55. The minimum atomic E-state index is -0.221. The third-order valence-electron chi connectivity index (χ3n) is 3.16. The van der Waals surface area contributed by atoms with Crippen LogP contribution in [0.2, 0.25) is 0 Å². The van der Waals surface area contributed by atoms with Gasteiger partial charge in [0.15, 0.2) is 5.78 Å². The van der Waals surface area contributed by atoms with Crippen molar-refractivity contribution in [3.05, 3.63) is 60.2 Å². The molecule has 0 unspecified atom stereocenters. The Kier molecular flexibility index (Phi) is 5.63. The number of carbonyl (C=O) groups excluding carboxylic acids is 3. The summed E-state index contributed by atoms with van der Waals surface area (Å²) in [6.45, 7) is 1.43. The Morgan fingerprint density at radius 2 is 1.35 bits per heavy atom. The average molecular weight is 310 g/mol. The molecule has 0 aliphatic carbocycles. The third kappa shape index (κ3) is 5.39. The van der Waals surface area contributed by atoms with Gasteiger partial charge in [-0.3, -0.25) is 14.4 Å². The number of nitrogens with one attached hydrogen (secondary N) is 2. The monoisotopic (exact) mass is 310 g/mol. The molecule has 5 nitrogen and oxygen atoms in total. The molecule has 0 fully saturated rings. The van der Waals surface area contributed by atoms with Gasteiger partial charge in [-0.05, 0) is 24.3 Å². The van der Waals surface area contributed by atoms with Gasteiger partial charge in [-0.1, -0.05) is 30.3 Å². The van der Waals surface area contributed by atoms with E-state index in [1.54, 1.807) is 48.5 Å². The molecule has 0 aromatic heterocycles. The van der Waals surface area contributed by atoms with E-state index in [9.17, 15) is 14.4 Å². The smallest absolute Gasteiger partial charge is 0.224 e. The van der Waals surface area contributed by atoms with Gasteiger partial charge >= 0.3 is 0 Å².